The monoisotopic (exact) mass is 369 g/mol. The molecule has 1 aliphatic rings. The van der Waals surface area contributed by atoms with Crippen molar-refractivity contribution in [3.63, 3.8) is 0 Å². The fourth-order valence-electron chi connectivity index (χ4n) is 2.20. The molecule has 0 aromatic heterocycles. The second-order valence-electron chi connectivity index (χ2n) is 4.95. The Morgan fingerprint density at radius 2 is 1.82 bits per heavy atom. The molecule has 0 radical (unpaired) electrons. The van der Waals surface area contributed by atoms with Gasteiger partial charge in [-0.1, -0.05) is 28.1 Å². The summed E-state index contributed by atoms with van der Waals surface area (Å²) in [6.07, 6.45) is -3.84. The summed E-state index contributed by atoms with van der Waals surface area (Å²) in [5, 5.41) is 0. The van der Waals surface area contributed by atoms with E-state index in [0.29, 0.717) is 18.8 Å². The van der Waals surface area contributed by atoms with Crippen molar-refractivity contribution in [2.75, 3.05) is 6.61 Å². The van der Waals surface area contributed by atoms with Crippen molar-refractivity contribution in [1.82, 2.24) is 0 Å². The number of hydrogen-bond donors (Lipinski definition) is 0. The highest BCUT2D eigenvalue weighted by Crippen LogP contribution is 2.34. The number of aliphatic imine (C=N–C) groups is 1. The Labute approximate surface area is 133 Å². The minimum absolute atomic E-state index is 0.338. The normalized spacial score (nSPS) is 14.1. The van der Waals surface area contributed by atoms with Crippen LogP contribution in [-0.4, -0.2) is 12.3 Å². The van der Waals surface area contributed by atoms with E-state index in [1.54, 1.807) is 0 Å². The first-order valence-corrected chi connectivity index (χ1v) is 7.36. The fourth-order valence-corrected chi connectivity index (χ4v) is 2.54. The van der Waals surface area contributed by atoms with Gasteiger partial charge in [-0.05, 0) is 35.9 Å². The second kappa shape index (κ2) is 5.76. The van der Waals surface area contributed by atoms with Gasteiger partial charge < -0.3 is 4.74 Å². The molecule has 0 saturated carbocycles. The van der Waals surface area contributed by atoms with Crippen molar-refractivity contribution in [2.24, 2.45) is 4.99 Å². The van der Waals surface area contributed by atoms with E-state index < -0.39 is 11.7 Å². The average Bonchev–Trinajstić information content (AvgIpc) is 2.47. The predicted molar refractivity (Wildman–Crippen MR) is 81.9 cm³/mol. The summed E-state index contributed by atoms with van der Waals surface area (Å²) < 4.78 is 44.1. The van der Waals surface area contributed by atoms with Gasteiger partial charge >= 0.3 is 6.18 Å². The van der Waals surface area contributed by atoms with Crippen molar-refractivity contribution in [1.29, 1.82) is 0 Å². The topological polar surface area (TPSA) is 21.6 Å². The molecule has 2 nitrogen and oxygen atoms in total. The van der Waals surface area contributed by atoms with E-state index in [1.807, 2.05) is 18.2 Å². The Kier molecular flexibility index (Phi) is 3.95. The lowest BCUT2D eigenvalue weighted by molar-refractivity contribution is -0.137. The molecule has 1 heterocycles. The Hall–Kier alpha value is -1.82. The van der Waals surface area contributed by atoms with Crippen LogP contribution in [0.2, 0.25) is 0 Å². The SMILES string of the molecule is FC(F)(F)c1ccc(CC2=Nc3ccc(Br)cc3OC2)cc1. The molecule has 6 heteroatoms. The van der Waals surface area contributed by atoms with Crippen molar-refractivity contribution in [3.05, 3.63) is 58.1 Å². The number of hydrogen-bond acceptors (Lipinski definition) is 2. The molecule has 0 bridgehead atoms. The Balaban J connectivity index is 1.78. The summed E-state index contributed by atoms with van der Waals surface area (Å²) >= 11 is 3.36. The Morgan fingerprint density at radius 1 is 1.09 bits per heavy atom. The van der Waals surface area contributed by atoms with Crippen LogP contribution >= 0.6 is 15.9 Å². The zero-order valence-electron chi connectivity index (χ0n) is 11.3. The molecule has 0 aliphatic carbocycles. The molecule has 0 spiro atoms. The van der Waals surface area contributed by atoms with Crippen molar-refractivity contribution < 1.29 is 17.9 Å². The maximum Gasteiger partial charge on any atom is 0.416 e. The second-order valence-corrected chi connectivity index (χ2v) is 5.87. The van der Waals surface area contributed by atoms with Gasteiger partial charge in [0, 0.05) is 10.9 Å². The molecule has 2 aromatic carbocycles. The van der Waals surface area contributed by atoms with E-state index in [2.05, 4.69) is 20.9 Å². The van der Waals surface area contributed by atoms with Crippen molar-refractivity contribution in [2.45, 2.75) is 12.6 Å². The van der Waals surface area contributed by atoms with Crippen LogP contribution in [0.4, 0.5) is 18.9 Å². The van der Waals surface area contributed by atoms with Gasteiger partial charge in [0.05, 0.1) is 11.3 Å². The maximum atomic E-state index is 12.5. The van der Waals surface area contributed by atoms with Crippen LogP contribution < -0.4 is 4.74 Å². The van der Waals surface area contributed by atoms with Crippen LogP contribution in [0.5, 0.6) is 5.75 Å². The summed E-state index contributed by atoms with van der Waals surface area (Å²) in [5.74, 6) is 0.700. The number of halogens is 4. The van der Waals surface area contributed by atoms with E-state index in [1.165, 1.54) is 12.1 Å². The number of fused-ring (bicyclic) bond motifs is 1. The van der Waals surface area contributed by atoms with Crippen LogP contribution in [-0.2, 0) is 12.6 Å². The van der Waals surface area contributed by atoms with Gasteiger partial charge in [-0.2, -0.15) is 13.2 Å². The van der Waals surface area contributed by atoms with Crippen molar-refractivity contribution >= 4 is 27.3 Å². The number of alkyl halides is 3. The Morgan fingerprint density at radius 3 is 2.50 bits per heavy atom. The molecule has 0 atom stereocenters. The van der Waals surface area contributed by atoms with Gasteiger partial charge in [-0.3, -0.25) is 0 Å². The highest BCUT2D eigenvalue weighted by Gasteiger charge is 2.30. The zero-order valence-corrected chi connectivity index (χ0v) is 12.9. The lowest BCUT2D eigenvalue weighted by atomic mass is 10.1. The lowest BCUT2D eigenvalue weighted by Gasteiger charge is -2.17. The van der Waals surface area contributed by atoms with Gasteiger partial charge in [0.2, 0.25) is 0 Å². The molecule has 2 aromatic rings. The lowest BCUT2D eigenvalue weighted by Crippen LogP contribution is -2.17. The third kappa shape index (κ3) is 3.32. The van der Waals surface area contributed by atoms with E-state index in [4.69, 9.17) is 4.74 Å². The highest BCUT2D eigenvalue weighted by atomic mass is 79.9. The first-order chi connectivity index (χ1) is 10.4. The van der Waals surface area contributed by atoms with Crippen LogP contribution in [0.25, 0.3) is 0 Å². The predicted octanol–water partition coefficient (Wildman–Crippen LogP) is 5.18. The summed E-state index contributed by atoms with van der Waals surface area (Å²) in [4.78, 5) is 4.50. The smallest absolute Gasteiger partial charge is 0.416 e. The molecular formula is C16H11BrF3NO. The van der Waals surface area contributed by atoms with E-state index >= 15 is 0 Å². The van der Waals surface area contributed by atoms with Gasteiger partial charge in [-0.15, -0.1) is 0 Å². The Bertz CT molecular complexity index is 723. The summed E-state index contributed by atoms with van der Waals surface area (Å²) in [7, 11) is 0. The molecule has 22 heavy (non-hydrogen) atoms. The number of ether oxygens (including phenoxy) is 1. The largest absolute Gasteiger partial charge is 0.485 e. The molecule has 0 amide bonds. The number of rotatable bonds is 2. The molecule has 0 unspecified atom stereocenters. The molecule has 3 rings (SSSR count). The standard InChI is InChI=1S/C16H11BrF3NO/c17-12-5-6-14-15(8-12)22-9-13(21-14)7-10-1-3-11(4-2-10)16(18,19)20/h1-6,8H,7,9H2. The number of benzene rings is 2. The number of nitrogens with zero attached hydrogens (tertiary/aromatic N) is 1. The molecular weight excluding hydrogens is 359 g/mol. The zero-order chi connectivity index (χ0) is 15.7. The molecule has 0 saturated heterocycles. The molecule has 0 N–H and O–H groups in total. The van der Waals surface area contributed by atoms with Crippen molar-refractivity contribution in [3.8, 4) is 5.75 Å². The third-order valence-corrected chi connectivity index (χ3v) is 3.78. The summed E-state index contributed by atoms with van der Waals surface area (Å²) in [5.41, 5.74) is 1.65. The molecule has 1 aliphatic heterocycles. The first-order valence-electron chi connectivity index (χ1n) is 6.57. The summed E-state index contributed by atoms with van der Waals surface area (Å²) in [6, 6.07) is 10.7. The fraction of sp³-hybridized carbons (Fsp3) is 0.188. The minimum Gasteiger partial charge on any atom is -0.485 e. The average molecular weight is 370 g/mol. The van der Waals surface area contributed by atoms with Crippen LogP contribution in [0.3, 0.4) is 0 Å². The van der Waals surface area contributed by atoms with E-state index in [-0.39, 0.29) is 0 Å². The minimum atomic E-state index is -4.31. The van der Waals surface area contributed by atoms with Gasteiger partial charge in [-0.25, -0.2) is 4.99 Å². The highest BCUT2D eigenvalue weighted by molar-refractivity contribution is 9.10. The molecule has 114 valence electrons. The quantitative estimate of drug-likeness (QED) is 0.714. The maximum absolute atomic E-state index is 12.5. The first kappa shape index (κ1) is 15.1. The van der Waals surface area contributed by atoms with E-state index in [0.717, 1.165) is 33.6 Å². The summed E-state index contributed by atoms with van der Waals surface area (Å²) in [6.45, 7) is 0.338. The van der Waals surface area contributed by atoms with Gasteiger partial charge in [0.1, 0.15) is 18.0 Å². The van der Waals surface area contributed by atoms with Crippen LogP contribution in [0.15, 0.2) is 51.9 Å². The van der Waals surface area contributed by atoms with Gasteiger partial charge in [0.25, 0.3) is 0 Å². The molecule has 0 fully saturated rings. The third-order valence-electron chi connectivity index (χ3n) is 3.28. The van der Waals surface area contributed by atoms with Gasteiger partial charge in [0.15, 0.2) is 0 Å². The van der Waals surface area contributed by atoms with Crippen LogP contribution in [0, 0.1) is 0 Å². The van der Waals surface area contributed by atoms with E-state index in [9.17, 15) is 13.2 Å². The van der Waals surface area contributed by atoms with Crippen LogP contribution in [0.1, 0.15) is 11.1 Å².